The molecule has 0 fully saturated rings. The topological polar surface area (TPSA) is 68.5 Å². The van der Waals surface area contributed by atoms with Crippen molar-refractivity contribution >= 4 is 22.6 Å². The molecule has 5 heteroatoms. The SMILES string of the molecule is COc1ccc2cc(C(=O)C=Cc3ccc(OCC#N)c(OC)c3)ccc2c1. The van der Waals surface area contributed by atoms with Gasteiger partial charge < -0.3 is 14.2 Å². The normalized spacial score (nSPS) is 10.6. The molecule has 0 bridgehead atoms. The maximum absolute atomic E-state index is 12.5. The predicted molar refractivity (Wildman–Crippen MR) is 108 cm³/mol. The average molecular weight is 373 g/mol. The molecule has 0 N–H and O–H groups in total. The van der Waals surface area contributed by atoms with E-state index in [2.05, 4.69) is 0 Å². The van der Waals surface area contributed by atoms with Gasteiger partial charge in [0.05, 0.1) is 14.2 Å². The van der Waals surface area contributed by atoms with Crippen LogP contribution in [0.4, 0.5) is 0 Å². The number of hydrogen-bond acceptors (Lipinski definition) is 5. The maximum atomic E-state index is 12.5. The fraction of sp³-hybridized carbons (Fsp3) is 0.130. The lowest BCUT2D eigenvalue weighted by Crippen LogP contribution is -1.97. The minimum atomic E-state index is -0.0958. The second-order valence-corrected chi connectivity index (χ2v) is 5.98. The molecule has 5 nitrogen and oxygen atoms in total. The number of rotatable bonds is 7. The fourth-order valence-corrected chi connectivity index (χ4v) is 2.79. The molecule has 0 radical (unpaired) electrons. The molecular formula is C23H19NO4. The summed E-state index contributed by atoms with van der Waals surface area (Å²) >= 11 is 0. The quantitative estimate of drug-likeness (QED) is 0.445. The summed E-state index contributed by atoms with van der Waals surface area (Å²) in [6.45, 7) is -0.0577. The highest BCUT2D eigenvalue weighted by Gasteiger charge is 2.07. The summed E-state index contributed by atoms with van der Waals surface area (Å²) in [7, 11) is 3.15. The van der Waals surface area contributed by atoms with Crippen molar-refractivity contribution in [2.24, 2.45) is 0 Å². The molecule has 140 valence electrons. The number of carbonyl (C=O) groups excluding carboxylic acids is 1. The Morgan fingerprint density at radius 2 is 1.75 bits per heavy atom. The molecule has 0 unspecified atom stereocenters. The molecule has 3 aromatic carbocycles. The zero-order chi connectivity index (χ0) is 19.9. The van der Waals surface area contributed by atoms with E-state index in [0.717, 1.165) is 22.1 Å². The van der Waals surface area contributed by atoms with Crippen molar-refractivity contribution in [3.8, 4) is 23.3 Å². The molecule has 0 spiro atoms. The van der Waals surface area contributed by atoms with Crippen molar-refractivity contribution < 1.29 is 19.0 Å². The van der Waals surface area contributed by atoms with Gasteiger partial charge in [-0.05, 0) is 52.7 Å². The summed E-state index contributed by atoms with van der Waals surface area (Å²) < 4.78 is 15.8. The van der Waals surface area contributed by atoms with Crippen LogP contribution in [0.1, 0.15) is 15.9 Å². The third-order valence-electron chi connectivity index (χ3n) is 4.24. The van der Waals surface area contributed by atoms with Crippen LogP contribution in [0.5, 0.6) is 17.2 Å². The number of ether oxygens (including phenoxy) is 3. The summed E-state index contributed by atoms with van der Waals surface area (Å²) in [6, 6.07) is 18.5. The molecule has 3 aromatic rings. The minimum Gasteiger partial charge on any atom is -0.497 e. The van der Waals surface area contributed by atoms with E-state index in [1.165, 1.54) is 13.2 Å². The number of fused-ring (bicyclic) bond motifs is 1. The molecule has 0 aliphatic rings. The predicted octanol–water partition coefficient (Wildman–Crippen LogP) is 4.66. The Kier molecular flexibility index (Phi) is 5.93. The third-order valence-corrected chi connectivity index (χ3v) is 4.24. The van der Waals surface area contributed by atoms with E-state index < -0.39 is 0 Å². The van der Waals surface area contributed by atoms with Crippen molar-refractivity contribution in [2.45, 2.75) is 0 Å². The van der Waals surface area contributed by atoms with E-state index in [0.29, 0.717) is 17.1 Å². The van der Waals surface area contributed by atoms with Gasteiger partial charge in [-0.15, -0.1) is 0 Å². The summed E-state index contributed by atoms with van der Waals surface area (Å²) in [5.41, 5.74) is 1.40. The van der Waals surface area contributed by atoms with E-state index in [4.69, 9.17) is 19.5 Å². The zero-order valence-electron chi connectivity index (χ0n) is 15.6. The van der Waals surface area contributed by atoms with Crippen molar-refractivity contribution in [2.75, 3.05) is 20.8 Å². The van der Waals surface area contributed by atoms with Gasteiger partial charge in [-0.1, -0.05) is 30.3 Å². The van der Waals surface area contributed by atoms with Crippen LogP contribution < -0.4 is 14.2 Å². The van der Waals surface area contributed by atoms with Crippen LogP contribution in [-0.2, 0) is 0 Å². The Hall–Kier alpha value is -3.78. The first-order valence-electron chi connectivity index (χ1n) is 8.62. The monoisotopic (exact) mass is 373 g/mol. The van der Waals surface area contributed by atoms with Gasteiger partial charge in [-0.3, -0.25) is 4.79 Å². The standard InChI is InChI=1S/C23H19NO4/c1-26-20-8-7-17-14-19(6-5-18(17)15-20)21(25)9-3-16-4-10-22(28-12-11-24)23(13-16)27-2/h3-10,13-15H,12H2,1-2H3. The first kappa shape index (κ1) is 19.0. The minimum absolute atomic E-state index is 0.0577. The first-order chi connectivity index (χ1) is 13.6. The largest absolute Gasteiger partial charge is 0.497 e. The van der Waals surface area contributed by atoms with Crippen LogP contribution in [0, 0.1) is 11.3 Å². The Labute approximate surface area is 163 Å². The van der Waals surface area contributed by atoms with Crippen molar-refractivity contribution in [1.29, 1.82) is 5.26 Å². The van der Waals surface area contributed by atoms with E-state index in [1.807, 2.05) is 36.4 Å². The van der Waals surface area contributed by atoms with Gasteiger partial charge in [0.15, 0.2) is 23.9 Å². The van der Waals surface area contributed by atoms with Crippen molar-refractivity contribution in [3.63, 3.8) is 0 Å². The van der Waals surface area contributed by atoms with Gasteiger partial charge in [0.2, 0.25) is 0 Å². The van der Waals surface area contributed by atoms with E-state index in [9.17, 15) is 4.79 Å². The summed E-state index contributed by atoms with van der Waals surface area (Å²) in [5, 5.41) is 10.6. The Morgan fingerprint density at radius 3 is 2.50 bits per heavy atom. The Balaban J connectivity index is 1.79. The zero-order valence-corrected chi connectivity index (χ0v) is 15.6. The number of nitrogens with zero attached hydrogens (tertiary/aromatic N) is 1. The summed E-state index contributed by atoms with van der Waals surface area (Å²) in [6.07, 6.45) is 3.24. The molecule has 0 atom stereocenters. The molecule has 0 aromatic heterocycles. The van der Waals surface area contributed by atoms with E-state index >= 15 is 0 Å². The highest BCUT2D eigenvalue weighted by molar-refractivity contribution is 6.08. The molecule has 28 heavy (non-hydrogen) atoms. The van der Waals surface area contributed by atoms with E-state index in [1.54, 1.807) is 37.5 Å². The van der Waals surface area contributed by atoms with Crippen LogP contribution in [0.2, 0.25) is 0 Å². The lowest BCUT2D eigenvalue weighted by Gasteiger charge is -2.08. The number of hydrogen-bond donors (Lipinski definition) is 0. The third kappa shape index (κ3) is 4.30. The van der Waals surface area contributed by atoms with Crippen LogP contribution in [0.15, 0.2) is 60.7 Å². The lowest BCUT2D eigenvalue weighted by atomic mass is 10.0. The second-order valence-electron chi connectivity index (χ2n) is 5.98. The maximum Gasteiger partial charge on any atom is 0.185 e. The van der Waals surface area contributed by atoms with Crippen LogP contribution in [-0.4, -0.2) is 26.6 Å². The van der Waals surface area contributed by atoms with Crippen LogP contribution in [0.3, 0.4) is 0 Å². The van der Waals surface area contributed by atoms with Crippen LogP contribution >= 0.6 is 0 Å². The molecule has 0 amide bonds. The second kappa shape index (κ2) is 8.74. The molecule has 0 aliphatic carbocycles. The molecular weight excluding hydrogens is 354 g/mol. The smallest absolute Gasteiger partial charge is 0.185 e. The molecule has 0 heterocycles. The van der Waals surface area contributed by atoms with Crippen molar-refractivity contribution in [1.82, 2.24) is 0 Å². The highest BCUT2D eigenvalue weighted by Crippen LogP contribution is 2.28. The number of ketones is 1. The number of methoxy groups -OCH3 is 2. The average Bonchev–Trinajstić information content (AvgIpc) is 2.75. The molecule has 3 rings (SSSR count). The Morgan fingerprint density at radius 1 is 0.964 bits per heavy atom. The lowest BCUT2D eigenvalue weighted by molar-refractivity contribution is 0.104. The van der Waals surface area contributed by atoms with Crippen molar-refractivity contribution in [3.05, 3.63) is 71.8 Å². The number of carbonyl (C=O) groups is 1. The first-order valence-corrected chi connectivity index (χ1v) is 8.62. The number of nitriles is 1. The van der Waals surface area contributed by atoms with Gasteiger partial charge in [-0.25, -0.2) is 0 Å². The molecule has 0 saturated carbocycles. The molecule has 0 saturated heterocycles. The van der Waals surface area contributed by atoms with Gasteiger partial charge in [0.25, 0.3) is 0 Å². The van der Waals surface area contributed by atoms with E-state index in [-0.39, 0.29) is 12.4 Å². The van der Waals surface area contributed by atoms with Gasteiger partial charge in [0, 0.05) is 5.56 Å². The van der Waals surface area contributed by atoms with Gasteiger partial charge in [0.1, 0.15) is 11.8 Å². The van der Waals surface area contributed by atoms with Gasteiger partial charge in [-0.2, -0.15) is 5.26 Å². The highest BCUT2D eigenvalue weighted by atomic mass is 16.5. The van der Waals surface area contributed by atoms with Crippen LogP contribution in [0.25, 0.3) is 16.8 Å². The molecule has 0 aliphatic heterocycles. The number of benzene rings is 3. The summed E-state index contributed by atoms with van der Waals surface area (Å²) in [4.78, 5) is 12.5. The van der Waals surface area contributed by atoms with Gasteiger partial charge >= 0.3 is 0 Å². The summed E-state index contributed by atoms with van der Waals surface area (Å²) in [5.74, 6) is 1.67. The Bertz CT molecular complexity index is 1080. The number of allylic oxidation sites excluding steroid dienone is 1. The fourth-order valence-electron chi connectivity index (χ4n) is 2.79.